The van der Waals surface area contributed by atoms with E-state index in [-0.39, 0.29) is 6.04 Å². The zero-order valence-corrected chi connectivity index (χ0v) is 12.4. The zero-order chi connectivity index (χ0) is 14.0. The number of rotatable bonds is 3. The summed E-state index contributed by atoms with van der Waals surface area (Å²) in [4.78, 5) is 2.10. The average Bonchev–Trinajstić information content (AvgIpc) is 2.41. The van der Waals surface area contributed by atoms with Crippen LogP contribution in [0.25, 0.3) is 0 Å². The smallest absolute Gasteiger partial charge is 0.0617 e. The van der Waals surface area contributed by atoms with Crippen molar-refractivity contribution in [2.24, 2.45) is 0 Å². The first-order valence-electron chi connectivity index (χ1n) is 6.02. The molecule has 1 atom stereocenters. The molecule has 1 unspecified atom stereocenters. The quantitative estimate of drug-likeness (QED) is 0.826. The molecule has 0 aromatic heterocycles. The van der Waals surface area contributed by atoms with Crippen LogP contribution >= 0.6 is 23.2 Å². The monoisotopic (exact) mass is 294 g/mol. The molecule has 0 bridgehead atoms. The summed E-state index contributed by atoms with van der Waals surface area (Å²) >= 11 is 11.9. The van der Waals surface area contributed by atoms with E-state index >= 15 is 0 Å². The molecule has 0 saturated carbocycles. The zero-order valence-electron chi connectivity index (χ0n) is 10.9. The lowest BCUT2D eigenvalue weighted by molar-refractivity contribution is 0.741. The van der Waals surface area contributed by atoms with Gasteiger partial charge in [-0.05, 0) is 42.8 Å². The summed E-state index contributed by atoms with van der Waals surface area (Å²) in [6, 6.07) is 13.5. The van der Waals surface area contributed by atoms with Gasteiger partial charge in [0, 0.05) is 17.1 Å². The molecule has 2 aromatic rings. The molecule has 100 valence electrons. The van der Waals surface area contributed by atoms with Crippen LogP contribution in [0, 0.1) is 0 Å². The van der Waals surface area contributed by atoms with Crippen LogP contribution in [0.15, 0.2) is 42.5 Å². The van der Waals surface area contributed by atoms with E-state index in [4.69, 9.17) is 28.9 Å². The van der Waals surface area contributed by atoms with Crippen molar-refractivity contribution >= 4 is 34.6 Å². The first-order valence-corrected chi connectivity index (χ1v) is 6.78. The summed E-state index contributed by atoms with van der Waals surface area (Å²) in [7, 11) is 2.00. The van der Waals surface area contributed by atoms with Crippen molar-refractivity contribution < 1.29 is 0 Å². The lowest BCUT2D eigenvalue weighted by Gasteiger charge is -2.28. The topological polar surface area (TPSA) is 29.3 Å². The molecule has 0 heterocycles. The third-order valence-corrected chi connectivity index (χ3v) is 3.79. The third kappa shape index (κ3) is 3.14. The Hall–Kier alpha value is -1.38. The van der Waals surface area contributed by atoms with Gasteiger partial charge >= 0.3 is 0 Å². The highest BCUT2D eigenvalue weighted by molar-refractivity contribution is 6.31. The normalized spacial score (nSPS) is 12.2. The average molecular weight is 295 g/mol. The molecule has 19 heavy (non-hydrogen) atoms. The van der Waals surface area contributed by atoms with Crippen molar-refractivity contribution in [1.29, 1.82) is 0 Å². The number of hydrogen-bond acceptors (Lipinski definition) is 2. The second-order valence-electron chi connectivity index (χ2n) is 4.54. The molecule has 0 aliphatic heterocycles. The van der Waals surface area contributed by atoms with Crippen LogP contribution < -0.4 is 10.6 Å². The largest absolute Gasteiger partial charge is 0.397 e. The summed E-state index contributed by atoms with van der Waals surface area (Å²) in [5, 5.41) is 1.42. The number of benzene rings is 2. The van der Waals surface area contributed by atoms with Crippen molar-refractivity contribution in [3.8, 4) is 0 Å². The summed E-state index contributed by atoms with van der Waals surface area (Å²) in [6.45, 7) is 2.11. The van der Waals surface area contributed by atoms with Gasteiger partial charge in [-0.25, -0.2) is 0 Å². The van der Waals surface area contributed by atoms with E-state index < -0.39 is 0 Å². The molecule has 0 spiro atoms. The van der Waals surface area contributed by atoms with Gasteiger partial charge in [-0.2, -0.15) is 0 Å². The van der Waals surface area contributed by atoms with Crippen LogP contribution in [0.2, 0.25) is 10.0 Å². The summed E-state index contributed by atoms with van der Waals surface area (Å²) < 4.78 is 0. The highest BCUT2D eigenvalue weighted by Crippen LogP contribution is 2.32. The fourth-order valence-corrected chi connectivity index (χ4v) is 2.29. The molecule has 2 aromatic carbocycles. The van der Waals surface area contributed by atoms with E-state index in [1.807, 2.05) is 43.4 Å². The second kappa shape index (κ2) is 5.72. The molecule has 0 amide bonds. The maximum Gasteiger partial charge on any atom is 0.0617 e. The summed E-state index contributed by atoms with van der Waals surface area (Å²) in [5.74, 6) is 0. The van der Waals surface area contributed by atoms with E-state index in [0.29, 0.717) is 10.7 Å². The first-order chi connectivity index (χ1) is 8.99. The minimum absolute atomic E-state index is 0.179. The Labute approximate surface area is 123 Å². The van der Waals surface area contributed by atoms with E-state index in [1.54, 1.807) is 6.07 Å². The number of nitrogen functional groups attached to an aromatic ring is 1. The Morgan fingerprint density at radius 3 is 2.21 bits per heavy atom. The Balaban J connectivity index is 2.30. The van der Waals surface area contributed by atoms with Crippen molar-refractivity contribution in [2.45, 2.75) is 13.0 Å². The van der Waals surface area contributed by atoms with Crippen LogP contribution in [0.1, 0.15) is 18.5 Å². The molecule has 0 aliphatic carbocycles. The maximum absolute atomic E-state index is 6.03. The number of halogens is 2. The molecule has 4 heteroatoms. The highest BCUT2D eigenvalue weighted by atomic mass is 35.5. The molecule has 2 N–H and O–H groups in total. The van der Waals surface area contributed by atoms with Gasteiger partial charge in [-0.1, -0.05) is 35.3 Å². The second-order valence-corrected chi connectivity index (χ2v) is 5.41. The fraction of sp³-hybridized carbons (Fsp3) is 0.200. The maximum atomic E-state index is 6.03. The fourth-order valence-electron chi connectivity index (χ4n) is 2.00. The molecule has 2 nitrogen and oxygen atoms in total. The van der Waals surface area contributed by atoms with Crippen LogP contribution in [0.5, 0.6) is 0 Å². The van der Waals surface area contributed by atoms with Gasteiger partial charge in [0.1, 0.15) is 0 Å². The van der Waals surface area contributed by atoms with Gasteiger partial charge in [-0.15, -0.1) is 0 Å². The summed E-state index contributed by atoms with van der Waals surface area (Å²) in [6.07, 6.45) is 0. The molecule has 2 rings (SSSR count). The van der Waals surface area contributed by atoms with Gasteiger partial charge in [0.25, 0.3) is 0 Å². The number of nitrogens with zero attached hydrogens (tertiary/aromatic N) is 1. The van der Waals surface area contributed by atoms with Gasteiger partial charge in [-0.3, -0.25) is 0 Å². The molecule has 0 radical (unpaired) electrons. The molecule has 0 saturated heterocycles. The van der Waals surface area contributed by atoms with Crippen molar-refractivity contribution in [2.75, 3.05) is 17.7 Å². The lowest BCUT2D eigenvalue weighted by atomic mass is 10.1. The Bertz CT molecular complexity index is 567. The number of nitrogens with two attached hydrogens (primary N) is 1. The molecular formula is C15H16Cl2N2. The predicted molar refractivity (Wildman–Crippen MR) is 84.1 cm³/mol. The van der Waals surface area contributed by atoms with Crippen LogP contribution in [0.4, 0.5) is 11.4 Å². The van der Waals surface area contributed by atoms with E-state index in [0.717, 1.165) is 10.7 Å². The molecule has 0 fully saturated rings. The standard InChI is InChI=1S/C15H16Cl2N2/c1-10(11-3-5-12(16)6-4-11)19(2)15-9-13(17)7-8-14(15)18/h3-10H,18H2,1-2H3. The Morgan fingerprint density at radius 1 is 1.00 bits per heavy atom. The number of anilines is 2. The van der Waals surface area contributed by atoms with Crippen molar-refractivity contribution in [3.05, 3.63) is 58.1 Å². The van der Waals surface area contributed by atoms with E-state index in [9.17, 15) is 0 Å². The molecular weight excluding hydrogens is 279 g/mol. The first kappa shape index (κ1) is 14.0. The SMILES string of the molecule is CC(c1ccc(Cl)cc1)N(C)c1cc(Cl)ccc1N. The van der Waals surface area contributed by atoms with Gasteiger partial charge in [0.2, 0.25) is 0 Å². The van der Waals surface area contributed by atoms with Crippen LogP contribution in [0.3, 0.4) is 0 Å². The van der Waals surface area contributed by atoms with Gasteiger partial charge < -0.3 is 10.6 Å². The minimum atomic E-state index is 0.179. The van der Waals surface area contributed by atoms with Crippen molar-refractivity contribution in [3.63, 3.8) is 0 Å². The Kier molecular flexibility index (Phi) is 4.23. The van der Waals surface area contributed by atoms with E-state index in [1.165, 1.54) is 5.56 Å². The summed E-state index contributed by atoms with van der Waals surface area (Å²) in [5.41, 5.74) is 8.82. The predicted octanol–water partition coefficient (Wildman–Crippen LogP) is 4.77. The Morgan fingerprint density at radius 2 is 1.58 bits per heavy atom. The number of hydrogen-bond donors (Lipinski definition) is 1. The third-order valence-electron chi connectivity index (χ3n) is 3.31. The van der Waals surface area contributed by atoms with Gasteiger partial charge in [0.15, 0.2) is 0 Å². The van der Waals surface area contributed by atoms with Crippen LogP contribution in [-0.2, 0) is 0 Å². The van der Waals surface area contributed by atoms with E-state index in [2.05, 4.69) is 11.8 Å². The lowest BCUT2D eigenvalue weighted by Crippen LogP contribution is -2.22. The molecule has 0 aliphatic rings. The van der Waals surface area contributed by atoms with Crippen LogP contribution in [-0.4, -0.2) is 7.05 Å². The highest BCUT2D eigenvalue weighted by Gasteiger charge is 2.14. The minimum Gasteiger partial charge on any atom is -0.397 e. The van der Waals surface area contributed by atoms with Gasteiger partial charge in [0.05, 0.1) is 17.4 Å². The van der Waals surface area contributed by atoms with Crippen molar-refractivity contribution in [1.82, 2.24) is 0 Å².